The van der Waals surface area contributed by atoms with E-state index >= 15 is 0 Å². The van der Waals surface area contributed by atoms with Gasteiger partial charge in [0.2, 0.25) is 0 Å². The summed E-state index contributed by atoms with van der Waals surface area (Å²) < 4.78 is 5.11. The monoisotopic (exact) mass is 312 g/mol. The van der Waals surface area contributed by atoms with E-state index in [1.165, 1.54) is 0 Å². The number of carbonyl (C=O) groups excluding carboxylic acids is 1. The number of aromatic carboxylic acids is 1. The van der Waals surface area contributed by atoms with Crippen molar-refractivity contribution in [1.82, 2.24) is 0 Å². The van der Waals surface area contributed by atoms with Gasteiger partial charge >= 0.3 is 5.97 Å². The molecule has 0 aliphatic carbocycles. The van der Waals surface area contributed by atoms with Crippen LogP contribution in [0.1, 0.15) is 52.0 Å². The third kappa shape index (κ3) is 3.97. The number of carboxylic acids is 1. The molecule has 0 amide bonds. The molecule has 0 bridgehead atoms. The summed E-state index contributed by atoms with van der Waals surface area (Å²) in [5.74, 6) is -0.488. The third-order valence-corrected chi connectivity index (χ3v) is 3.83. The maximum atomic E-state index is 12.8. The highest BCUT2D eigenvalue weighted by molar-refractivity contribution is 6.01. The van der Waals surface area contributed by atoms with Crippen LogP contribution in [0.4, 0.5) is 0 Å². The van der Waals surface area contributed by atoms with Gasteiger partial charge in [-0.2, -0.15) is 0 Å². The van der Waals surface area contributed by atoms with Crippen molar-refractivity contribution in [3.8, 4) is 5.75 Å². The lowest BCUT2D eigenvalue weighted by Crippen LogP contribution is -2.13. The van der Waals surface area contributed by atoms with E-state index < -0.39 is 5.97 Å². The van der Waals surface area contributed by atoms with E-state index in [2.05, 4.69) is 0 Å². The minimum Gasteiger partial charge on any atom is -0.497 e. The third-order valence-electron chi connectivity index (χ3n) is 3.83. The number of carbonyl (C=O) groups is 2. The van der Waals surface area contributed by atoms with Crippen LogP contribution in [-0.4, -0.2) is 24.0 Å². The van der Waals surface area contributed by atoms with Crippen LogP contribution in [0.5, 0.6) is 5.75 Å². The van der Waals surface area contributed by atoms with E-state index in [0.717, 1.165) is 18.4 Å². The highest BCUT2D eigenvalue weighted by Gasteiger charge is 2.21. The fourth-order valence-corrected chi connectivity index (χ4v) is 2.55. The van der Waals surface area contributed by atoms with E-state index in [4.69, 9.17) is 9.84 Å². The molecule has 0 spiro atoms. The van der Waals surface area contributed by atoms with Crippen molar-refractivity contribution in [3.63, 3.8) is 0 Å². The molecule has 0 aliphatic rings. The lowest BCUT2D eigenvalue weighted by atomic mass is 9.87. The number of ketones is 1. The predicted octanol–water partition coefficient (Wildman–Crippen LogP) is 4.16. The van der Waals surface area contributed by atoms with Gasteiger partial charge in [0.05, 0.1) is 12.7 Å². The first kappa shape index (κ1) is 16.7. The van der Waals surface area contributed by atoms with Gasteiger partial charge in [-0.15, -0.1) is 0 Å². The number of methoxy groups -OCH3 is 1. The van der Waals surface area contributed by atoms with Crippen LogP contribution >= 0.6 is 0 Å². The van der Waals surface area contributed by atoms with Gasteiger partial charge in [0, 0.05) is 11.5 Å². The Morgan fingerprint density at radius 2 is 1.57 bits per heavy atom. The minimum absolute atomic E-state index is 0.0394. The molecule has 0 aliphatic heterocycles. The summed E-state index contributed by atoms with van der Waals surface area (Å²) in [6.07, 6.45) is 1.59. The molecule has 0 unspecified atom stereocenters. The molecule has 120 valence electrons. The van der Waals surface area contributed by atoms with Gasteiger partial charge < -0.3 is 9.84 Å². The van der Waals surface area contributed by atoms with Gasteiger partial charge in [-0.3, -0.25) is 4.79 Å². The molecule has 4 heteroatoms. The molecule has 0 saturated heterocycles. The summed E-state index contributed by atoms with van der Waals surface area (Å²) in [7, 11) is 1.58. The molecule has 2 aromatic rings. The zero-order valence-electron chi connectivity index (χ0n) is 13.3. The molecule has 0 saturated carbocycles. The van der Waals surface area contributed by atoms with E-state index in [0.29, 0.717) is 11.3 Å². The zero-order chi connectivity index (χ0) is 16.8. The Hall–Kier alpha value is -2.62. The zero-order valence-corrected chi connectivity index (χ0v) is 13.3. The van der Waals surface area contributed by atoms with Crippen molar-refractivity contribution in [3.05, 3.63) is 65.2 Å². The SMILES string of the molecule is CCC[C@@H](C(=O)c1ccc(OC)cc1)c1ccc(C(=O)O)cc1. The first-order valence-electron chi connectivity index (χ1n) is 7.58. The Morgan fingerprint density at radius 3 is 2.04 bits per heavy atom. The Bertz CT molecular complexity index is 672. The average molecular weight is 312 g/mol. The normalized spacial score (nSPS) is 11.7. The second-order valence-corrected chi connectivity index (χ2v) is 5.36. The fourth-order valence-electron chi connectivity index (χ4n) is 2.55. The molecular weight excluding hydrogens is 292 g/mol. The highest BCUT2D eigenvalue weighted by Crippen LogP contribution is 2.27. The number of Topliss-reactive ketones (excluding diaryl/α,β-unsaturated/α-hetero) is 1. The second kappa shape index (κ2) is 7.58. The maximum Gasteiger partial charge on any atom is 0.335 e. The van der Waals surface area contributed by atoms with Gasteiger partial charge in [-0.1, -0.05) is 25.5 Å². The van der Waals surface area contributed by atoms with Crippen LogP contribution in [0, 0.1) is 0 Å². The van der Waals surface area contributed by atoms with E-state index in [9.17, 15) is 9.59 Å². The van der Waals surface area contributed by atoms with E-state index in [1.54, 1.807) is 55.6 Å². The van der Waals surface area contributed by atoms with E-state index in [1.807, 2.05) is 6.92 Å². The van der Waals surface area contributed by atoms with Crippen LogP contribution in [-0.2, 0) is 0 Å². The Balaban J connectivity index is 2.28. The highest BCUT2D eigenvalue weighted by atomic mass is 16.5. The summed E-state index contributed by atoms with van der Waals surface area (Å²) in [5, 5.41) is 8.98. The first-order valence-corrected chi connectivity index (χ1v) is 7.58. The lowest BCUT2D eigenvalue weighted by molar-refractivity contribution is 0.0696. The van der Waals surface area contributed by atoms with Gasteiger partial charge in [0.1, 0.15) is 5.75 Å². The Labute approximate surface area is 135 Å². The summed E-state index contributed by atoms with van der Waals surface area (Å²) in [6.45, 7) is 2.03. The van der Waals surface area contributed by atoms with Crippen molar-refractivity contribution in [2.24, 2.45) is 0 Å². The minimum atomic E-state index is -0.968. The number of hydrogen-bond donors (Lipinski definition) is 1. The molecule has 0 fully saturated rings. The molecule has 0 radical (unpaired) electrons. The van der Waals surface area contributed by atoms with Gasteiger partial charge in [0.15, 0.2) is 5.78 Å². The summed E-state index contributed by atoms with van der Waals surface area (Å²) in [6, 6.07) is 13.6. The van der Waals surface area contributed by atoms with Crippen LogP contribution in [0.3, 0.4) is 0 Å². The van der Waals surface area contributed by atoms with Crippen LogP contribution < -0.4 is 4.74 Å². The van der Waals surface area contributed by atoms with Gasteiger partial charge in [0.25, 0.3) is 0 Å². The van der Waals surface area contributed by atoms with Crippen molar-refractivity contribution >= 4 is 11.8 Å². The van der Waals surface area contributed by atoms with Gasteiger partial charge in [-0.05, 0) is 48.4 Å². The topological polar surface area (TPSA) is 63.6 Å². The van der Waals surface area contributed by atoms with Crippen molar-refractivity contribution < 1.29 is 19.4 Å². The van der Waals surface area contributed by atoms with E-state index in [-0.39, 0.29) is 17.3 Å². The summed E-state index contributed by atoms with van der Waals surface area (Å²) >= 11 is 0. The first-order chi connectivity index (χ1) is 11.1. The lowest BCUT2D eigenvalue weighted by Gasteiger charge is -2.16. The second-order valence-electron chi connectivity index (χ2n) is 5.36. The Morgan fingerprint density at radius 1 is 1.00 bits per heavy atom. The molecule has 2 rings (SSSR count). The molecular formula is C19H20O4. The van der Waals surface area contributed by atoms with Crippen LogP contribution in [0.25, 0.3) is 0 Å². The standard InChI is InChI=1S/C19H20O4/c1-3-4-17(13-5-7-15(8-6-13)19(21)22)18(20)14-9-11-16(23-2)12-10-14/h5-12,17H,3-4H2,1-2H3,(H,21,22)/t17-/m1/s1. The Kier molecular flexibility index (Phi) is 5.52. The molecule has 1 N–H and O–H groups in total. The predicted molar refractivity (Wildman–Crippen MR) is 88.4 cm³/mol. The van der Waals surface area contributed by atoms with Crippen LogP contribution in [0.2, 0.25) is 0 Å². The fraction of sp³-hybridized carbons (Fsp3) is 0.263. The number of hydrogen-bond acceptors (Lipinski definition) is 3. The smallest absolute Gasteiger partial charge is 0.335 e. The average Bonchev–Trinajstić information content (AvgIpc) is 2.59. The molecule has 0 aromatic heterocycles. The number of rotatable bonds is 7. The molecule has 2 aromatic carbocycles. The quantitative estimate of drug-likeness (QED) is 0.780. The van der Waals surface area contributed by atoms with Crippen LogP contribution in [0.15, 0.2) is 48.5 Å². The van der Waals surface area contributed by atoms with Crippen molar-refractivity contribution in [2.45, 2.75) is 25.7 Å². The number of benzene rings is 2. The maximum absolute atomic E-state index is 12.8. The molecule has 1 atom stereocenters. The molecule has 4 nitrogen and oxygen atoms in total. The largest absolute Gasteiger partial charge is 0.497 e. The van der Waals surface area contributed by atoms with Gasteiger partial charge in [-0.25, -0.2) is 4.79 Å². The van der Waals surface area contributed by atoms with Crippen molar-refractivity contribution in [1.29, 1.82) is 0 Å². The number of carboxylic acid groups (broad SMARTS) is 1. The molecule has 23 heavy (non-hydrogen) atoms. The molecule has 0 heterocycles. The summed E-state index contributed by atoms with van der Waals surface area (Å²) in [4.78, 5) is 23.7. The van der Waals surface area contributed by atoms with Crippen molar-refractivity contribution in [2.75, 3.05) is 7.11 Å². The summed E-state index contributed by atoms with van der Waals surface area (Å²) in [5.41, 5.74) is 1.70. The number of ether oxygens (including phenoxy) is 1.